The van der Waals surface area contributed by atoms with Gasteiger partial charge in [-0.05, 0) is 49.2 Å². The van der Waals surface area contributed by atoms with Gasteiger partial charge in [-0.15, -0.1) is 0 Å². The second-order valence-electron chi connectivity index (χ2n) is 3.85. The Labute approximate surface area is 132 Å². The fourth-order valence-corrected chi connectivity index (χ4v) is 2.00. The minimum absolute atomic E-state index is 0.0217. The van der Waals surface area contributed by atoms with Crippen molar-refractivity contribution in [1.29, 1.82) is 0 Å². The van der Waals surface area contributed by atoms with Gasteiger partial charge in [0, 0.05) is 11.8 Å². The molecule has 8 heteroatoms. The standard InChI is InChI=1S/C13H14Cl2N4O2/c1-3-20-9-6-5-8(7-10(9)21-4-2)16-13-18-11(14)17-12(15)19-13/h5-7H,3-4H2,1-2H3,(H,16,17,18,19). The molecule has 2 rings (SSSR count). The Kier molecular flexibility index (Phi) is 5.41. The topological polar surface area (TPSA) is 69.2 Å². The van der Waals surface area contributed by atoms with Gasteiger partial charge in [0.25, 0.3) is 0 Å². The van der Waals surface area contributed by atoms with E-state index < -0.39 is 0 Å². The predicted octanol–water partition coefficient (Wildman–Crippen LogP) is 3.72. The Balaban J connectivity index is 2.25. The molecule has 0 fully saturated rings. The third kappa shape index (κ3) is 4.34. The molecule has 1 heterocycles. The zero-order valence-electron chi connectivity index (χ0n) is 11.6. The van der Waals surface area contributed by atoms with Crippen LogP contribution in [0.5, 0.6) is 11.5 Å². The SMILES string of the molecule is CCOc1ccc(Nc2nc(Cl)nc(Cl)n2)cc1OCC. The molecule has 0 aliphatic rings. The van der Waals surface area contributed by atoms with Crippen LogP contribution in [0, 0.1) is 0 Å². The zero-order valence-corrected chi connectivity index (χ0v) is 13.1. The number of nitrogens with zero attached hydrogens (tertiary/aromatic N) is 3. The Bertz CT molecular complexity index is 605. The maximum Gasteiger partial charge on any atom is 0.232 e. The van der Waals surface area contributed by atoms with Crippen LogP contribution in [-0.2, 0) is 0 Å². The molecular weight excluding hydrogens is 315 g/mol. The van der Waals surface area contributed by atoms with Crippen LogP contribution in [0.4, 0.5) is 11.6 Å². The Morgan fingerprint density at radius 3 is 2.19 bits per heavy atom. The Morgan fingerprint density at radius 2 is 1.57 bits per heavy atom. The minimum Gasteiger partial charge on any atom is -0.490 e. The fraction of sp³-hybridized carbons (Fsp3) is 0.308. The molecule has 0 aliphatic carbocycles. The quantitative estimate of drug-likeness (QED) is 0.871. The number of nitrogens with one attached hydrogen (secondary N) is 1. The molecule has 2 aromatic rings. The lowest BCUT2D eigenvalue weighted by molar-refractivity contribution is 0.288. The van der Waals surface area contributed by atoms with Crippen LogP contribution in [0.3, 0.4) is 0 Å². The van der Waals surface area contributed by atoms with E-state index >= 15 is 0 Å². The molecule has 1 aromatic carbocycles. The summed E-state index contributed by atoms with van der Waals surface area (Å²) in [6.07, 6.45) is 0. The van der Waals surface area contributed by atoms with E-state index in [1.165, 1.54) is 0 Å². The molecule has 21 heavy (non-hydrogen) atoms. The second-order valence-corrected chi connectivity index (χ2v) is 4.53. The van der Waals surface area contributed by atoms with E-state index in [0.29, 0.717) is 24.7 Å². The molecule has 0 aliphatic heterocycles. The summed E-state index contributed by atoms with van der Waals surface area (Å²) in [6, 6.07) is 5.42. The van der Waals surface area contributed by atoms with Gasteiger partial charge in [0.2, 0.25) is 16.5 Å². The molecule has 0 atom stereocenters. The number of rotatable bonds is 6. The summed E-state index contributed by atoms with van der Waals surface area (Å²) in [5, 5.41) is 3.03. The maximum atomic E-state index is 5.73. The van der Waals surface area contributed by atoms with Gasteiger partial charge in [0.15, 0.2) is 11.5 Å². The van der Waals surface area contributed by atoms with E-state index in [9.17, 15) is 0 Å². The molecule has 0 amide bonds. The molecule has 6 nitrogen and oxygen atoms in total. The fourth-order valence-electron chi connectivity index (χ4n) is 1.64. The summed E-state index contributed by atoms with van der Waals surface area (Å²) in [7, 11) is 0. The highest BCUT2D eigenvalue weighted by molar-refractivity contribution is 6.31. The molecule has 1 N–H and O–H groups in total. The molecule has 112 valence electrons. The molecule has 0 bridgehead atoms. The molecule has 0 saturated heterocycles. The normalized spacial score (nSPS) is 10.3. The van der Waals surface area contributed by atoms with Gasteiger partial charge >= 0.3 is 0 Å². The summed E-state index contributed by atoms with van der Waals surface area (Å²) in [6.45, 7) is 4.91. The van der Waals surface area contributed by atoms with Gasteiger partial charge in [-0.25, -0.2) is 0 Å². The van der Waals surface area contributed by atoms with Gasteiger partial charge in [0.05, 0.1) is 13.2 Å². The molecule has 0 unspecified atom stereocenters. The van der Waals surface area contributed by atoms with Crippen LogP contribution in [0.25, 0.3) is 0 Å². The van der Waals surface area contributed by atoms with Crippen molar-refractivity contribution in [3.05, 3.63) is 28.8 Å². The average Bonchev–Trinajstić information content (AvgIpc) is 2.41. The van der Waals surface area contributed by atoms with Crippen LogP contribution in [0.15, 0.2) is 18.2 Å². The van der Waals surface area contributed by atoms with E-state index in [1.807, 2.05) is 19.9 Å². The highest BCUT2D eigenvalue weighted by Gasteiger charge is 2.08. The Hall–Kier alpha value is -1.79. The lowest BCUT2D eigenvalue weighted by atomic mass is 10.2. The first-order valence-electron chi connectivity index (χ1n) is 6.36. The predicted molar refractivity (Wildman–Crippen MR) is 81.9 cm³/mol. The van der Waals surface area contributed by atoms with E-state index in [4.69, 9.17) is 32.7 Å². The van der Waals surface area contributed by atoms with Crippen molar-refractivity contribution < 1.29 is 9.47 Å². The molecule has 1 aromatic heterocycles. The monoisotopic (exact) mass is 328 g/mol. The van der Waals surface area contributed by atoms with Crippen molar-refractivity contribution in [2.45, 2.75) is 13.8 Å². The summed E-state index contributed by atoms with van der Waals surface area (Å²) in [5.41, 5.74) is 0.722. The van der Waals surface area contributed by atoms with E-state index in [1.54, 1.807) is 12.1 Å². The van der Waals surface area contributed by atoms with Crippen molar-refractivity contribution in [3.63, 3.8) is 0 Å². The highest BCUT2D eigenvalue weighted by atomic mass is 35.5. The first kappa shape index (κ1) is 15.6. The van der Waals surface area contributed by atoms with Crippen molar-refractivity contribution in [3.8, 4) is 11.5 Å². The summed E-state index contributed by atoms with van der Waals surface area (Å²) in [5.74, 6) is 1.57. The number of hydrogen-bond acceptors (Lipinski definition) is 6. The Morgan fingerprint density at radius 1 is 0.952 bits per heavy atom. The van der Waals surface area contributed by atoms with E-state index in [-0.39, 0.29) is 16.5 Å². The highest BCUT2D eigenvalue weighted by Crippen LogP contribution is 2.31. The average molecular weight is 329 g/mol. The lowest BCUT2D eigenvalue weighted by Crippen LogP contribution is -2.02. The van der Waals surface area contributed by atoms with Gasteiger partial charge in [-0.1, -0.05) is 0 Å². The maximum absolute atomic E-state index is 5.73. The number of ether oxygens (including phenoxy) is 2. The smallest absolute Gasteiger partial charge is 0.232 e. The number of halogens is 2. The number of aromatic nitrogens is 3. The third-order valence-corrected chi connectivity index (χ3v) is 2.72. The second kappa shape index (κ2) is 7.28. The minimum atomic E-state index is 0.0217. The summed E-state index contributed by atoms with van der Waals surface area (Å²) >= 11 is 11.5. The zero-order chi connectivity index (χ0) is 15.2. The van der Waals surface area contributed by atoms with Crippen LogP contribution >= 0.6 is 23.2 Å². The summed E-state index contributed by atoms with van der Waals surface area (Å²) < 4.78 is 11.0. The number of anilines is 2. The van der Waals surface area contributed by atoms with E-state index in [2.05, 4.69) is 20.3 Å². The van der Waals surface area contributed by atoms with Crippen molar-refractivity contribution in [2.75, 3.05) is 18.5 Å². The number of benzene rings is 1. The molecule has 0 saturated carbocycles. The van der Waals surface area contributed by atoms with Crippen LogP contribution < -0.4 is 14.8 Å². The van der Waals surface area contributed by atoms with Crippen molar-refractivity contribution >= 4 is 34.8 Å². The van der Waals surface area contributed by atoms with Gasteiger partial charge in [-0.2, -0.15) is 15.0 Å². The number of hydrogen-bond donors (Lipinski definition) is 1. The van der Waals surface area contributed by atoms with Crippen LogP contribution in [0.2, 0.25) is 10.6 Å². The van der Waals surface area contributed by atoms with Crippen LogP contribution in [-0.4, -0.2) is 28.2 Å². The summed E-state index contributed by atoms with van der Waals surface area (Å²) in [4.78, 5) is 11.6. The largest absolute Gasteiger partial charge is 0.490 e. The lowest BCUT2D eigenvalue weighted by Gasteiger charge is -2.13. The first-order chi connectivity index (χ1) is 10.1. The molecule has 0 spiro atoms. The van der Waals surface area contributed by atoms with E-state index in [0.717, 1.165) is 5.69 Å². The van der Waals surface area contributed by atoms with Crippen molar-refractivity contribution in [1.82, 2.24) is 15.0 Å². The molecule has 0 radical (unpaired) electrons. The van der Waals surface area contributed by atoms with Crippen molar-refractivity contribution in [2.24, 2.45) is 0 Å². The van der Waals surface area contributed by atoms with Gasteiger partial charge in [-0.3, -0.25) is 0 Å². The van der Waals surface area contributed by atoms with Gasteiger partial charge in [0.1, 0.15) is 0 Å². The van der Waals surface area contributed by atoms with Crippen LogP contribution in [0.1, 0.15) is 13.8 Å². The first-order valence-corrected chi connectivity index (χ1v) is 7.11. The third-order valence-electron chi connectivity index (χ3n) is 2.38. The molecular formula is C13H14Cl2N4O2. The van der Waals surface area contributed by atoms with Gasteiger partial charge < -0.3 is 14.8 Å².